The van der Waals surface area contributed by atoms with Crippen molar-refractivity contribution in [1.82, 2.24) is 0 Å². The number of Topliss-reactive ketones (excluding diaryl/α,β-unsaturated/α-hetero) is 1. The van der Waals surface area contributed by atoms with E-state index in [9.17, 15) is 9.59 Å². The van der Waals surface area contributed by atoms with Gasteiger partial charge in [-0.1, -0.05) is 13.0 Å². The van der Waals surface area contributed by atoms with Crippen LogP contribution in [0.1, 0.15) is 34.8 Å². The first-order valence-electron chi connectivity index (χ1n) is 8.49. The largest absolute Gasteiger partial charge is 0.493 e. The number of carbonyl (C=O) groups is 2. The van der Waals surface area contributed by atoms with Crippen molar-refractivity contribution in [3.05, 3.63) is 52.8 Å². The number of esters is 1. The van der Waals surface area contributed by atoms with Gasteiger partial charge in [0.1, 0.15) is 11.5 Å². The van der Waals surface area contributed by atoms with Gasteiger partial charge in [-0.05, 0) is 42.8 Å². The molecule has 6 nitrogen and oxygen atoms in total. The predicted octanol–water partition coefficient (Wildman–Crippen LogP) is 3.94. The fraction of sp³-hybridized carbons (Fsp3) is 0.238. The van der Waals surface area contributed by atoms with E-state index < -0.39 is 0 Å². The van der Waals surface area contributed by atoms with Gasteiger partial charge in [0.15, 0.2) is 17.3 Å². The second-order valence-electron chi connectivity index (χ2n) is 5.95. The highest BCUT2D eigenvalue weighted by molar-refractivity contribution is 6.15. The first kappa shape index (κ1) is 18.5. The average Bonchev–Trinajstić information content (AvgIpc) is 3.00. The van der Waals surface area contributed by atoms with Gasteiger partial charge in [0.25, 0.3) is 0 Å². The lowest BCUT2D eigenvalue weighted by Gasteiger charge is -2.09. The Bertz CT molecular complexity index is 942. The van der Waals surface area contributed by atoms with Crippen molar-refractivity contribution in [3.63, 3.8) is 0 Å². The number of benzene rings is 2. The van der Waals surface area contributed by atoms with E-state index in [2.05, 4.69) is 0 Å². The third-order valence-electron chi connectivity index (χ3n) is 4.25. The van der Waals surface area contributed by atoms with E-state index in [1.165, 1.54) is 0 Å². The van der Waals surface area contributed by atoms with Crippen LogP contribution in [0.25, 0.3) is 6.08 Å². The number of ketones is 1. The SMILES string of the molecule is CCC(=O)Oc1ccc2c(c1C)O/C(=C\c1ccc(OC)c(OC)c1)C2=O. The summed E-state index contributed by atoms with van der Waals surface area (Å²) >= 11 is 0. The molecule has 0 radical (unpaired) electrons. The van der Waals surface area contributed by atoms with Crippen LogP contribution < -0.4 is 18.9 Å². The molecule has 0 fully saturated rings. The molecule has 1 aliphatic rings. The lowest BCUT2D eigenvalue weighted by molar-refractivity contribution is -0.134. The summed E-state index contributed by atoms with van der Waals surface area (Å²) in [5.41, 5.74) is 1.79. The molecule has 2 aromatic rings. The molecule has 3 rings (SSSR count). The van der Waals surface area contributed by atoms with Crippen LogP contribution in [0.5, 0.6) is 23.0 Å². The maximum absolute atomic E-state index is 12.7. The Morgan fingerprint density at radius 3 is 2.44 bits per heavy atom. The van der Waals surface area contributed by atoms with Gasteiger partial charge in [-0.3, -0.25) is 9.59 Å². The summed E-state index contributed by atoms with van der Waals surface area (Å²) in [4.78, 5) is 24.2. The molecule has 0 aromatic heterocycles. The van der Waals surface area contributed by atoms with E-state index in [1.807, 2.05) is 0 Å². The normalized spacial score (nSPS) is 13.9. The highest BCUT2D eigenvalue weighted by atomic mass is 16.5. The van der Waals surface area contributed by atoms with Crippen LogP contribution in [-0.4, -0.2) is 26.0 Å². The maximum Gasteiger partial charge on any atom is 0.310 e. The molecule has 0 bridgehead atoms. The van der Waals surface area contributed by atoms with Gasteiger partial charge >= 0.3 is 5.97 Å². The molecule has 0 spiro atoms. The number of fused-ring (bicyclic) bond motifs is 1. The van der Waals surface area contributed by atoms with E-state index in [-0.39, 0.29) is 23.9 Å². The van der Waals surface area contributed by atoms with Crippen LogP contribution in [0.4, 0.5) is 0 Å². The molecule has 2 aromatic carbocycles. The minimum Gasteiger partial charge on any atom is -0.493 e. The standard InChI is InChI=1S/C21H20O6/c1-5-19(22)26-15-9-7-14-20(23)18(27-21(14)12(15)2)11-13-6-8-16(24-3)17(10-13)25-4/h6-11H,5H2,1-4H3/b18-11-. The molecule has 0 saturated heterocycles. The maximum atomic E-state index is 12.7. The average molecular weight is 368 g/mol. The van der Waals surface area contributed by atoms with E-state index >= 15 is 0 Å². The smallest absolute Gasteiger partial charge is 0.310 e. The molecular formula is C21H20O6. The zero-order chi connectivity index (χ0) is 19.6. The molecule has 0 atom stereocenters. The summed E-state index contributed by atoms with van der Waals surface area (Å²) in [5, 5.41) is 0. The summed E-state index contributed by atoms with van der Waals surface area (Å²) in [6, 6.07) is 8.54. The van der Waals surface area contributed by atoms with Crippen LogP contribution in [0.3, 0.4) is 0 Å². The van der Waals surface area contributed by atoms with Crippen molar-refractivity contribution < 1.29 is 28.5 Å². The molecule has 6 heteroatoms. The molecule has 1 heterocycles. The number of hydrogen-bond donors (Lipinski definition) is 0. The molecular weight excluding hydrogens is 348 g/mol. The minimum atomic E-state index is -0.344. The number of methoxy groups -OCH3 is 2. The Morgan fingerprint density at radius 1 is 1.07 bits per heavy atom. The summed E-state index contributed by atoms with van der Waals surface area (Å²) in [7, 11) is 3.10. The monoisotopic (exact) mass is 368 g/mol. The Hall–Kier alpha value is -3.28. The zero-order valence-corrected chi connectivity index (χ0v) is 15.6. The first-order valence-corrected chi connectivity index (χ1v) is 8.49. The second kappa shape index (κ2) is 7.53. The molecule has 27 heavy (non-hydrogen) atoms. The third kappa shape index (κ3) is 3.51. The summed E-state index contributed by atoms with van der Waals surface area (Å²) in [6.07, 6.45) is 1.90. The highest BCUT2D eigenvalue weighted by Gasteiger charge is 2.30. The fourth-order valence-corrected chi connectivity index (χ4v) is 2.77. The van der Waals surface area contributed by atoms with E-state index in [1.54, 1.807) is 64.5 Å². The minimum absolute atomic E-state index is 0.194. The van der Waals surface area contributed by atoms with Crippen molar-refractivity contribution >= 4 is 17.8 Å². The van der Waals surface area contributed by atoms with Crippen LogP contribution in [0.15, 0.2) is 36.1 Å². The Balaban J connectivity index is 1.93. The van der Waals surface area contributed by atoms with Crippen molar-refractivity contribution in [2.75, 3.05) is 14.2 Å². The van der Waals surface area contributed by atoms with Crippen molar-refractivity contribution in [3.8, 4) is 23.0 Å². The number of allylic oxidation sites excluding steroid dienone is 1. The van der Waals surface area contributed by atoms with Crippen molar-refractivity contribution in [1.29, 1.82) is 0 Å². The lowest BCUT2D eigenvalue weighted by Crippen LogP contribution is -2.06. The zero-order valence-electron chi connectivity index (χ0n) is 15.6. The van der Waals surface area contributed by atoms with Gasteiger partial charge < -0.3 is 18.9 Å². The fourth-order valence-electron chi connectivity index (χ4n) is 2.77. The van der Waals surface area contributed by atoms with Gasteiger partial charge in [0, 0.05) is 12.0 Å². The van der Waals surface area contributed by atoms with Crippen molar-refractivity contribution in [2.24, 2.45) is 0 Å². The van der Waals surface area contributed by atoms with E-state index in [0.717, 1.165) is 5.56 Å². The third-order valence-corrected chi connectivity index (χ3v) is 4.25. The van der Waals surface area contributed by atoms with Gasteiger partial charge in [-0.25, -0.2) is 0 Å². The quantitative estimate of drug-likeness (QED) is 0.452. The first-order chi connectivity index (χ1) is 13.0. The van der Waals surface area contributed by atoms with E-state index in [4.69, 9.17) is 18.9 Å². The summed E-state index contributed by atoms with van der Waals surface area (Å²) < 4.78 is 21.6. The van der Waals surface area contributed by atoms with E-state index in [0.29, 0.717) is 34.1 Å². The van der Waals surface area contributed by atoms with Gasteiger partial charge in [-0.15, -0.1) is 0 Å². The molecule has 0 unspecified atom stereocenters. The molecule has 140 valence electrons. The number of hydrogen-bond acceptors (Lipinski definition) is 6. The van der Waals surface area contributed by atoms with Crippen LogP contribution in [0.2, 0.25) is 0 Å². The lowest BCUT2D eigenvalue weighted by atomic mass is 10.1. The molecule has 0 aliphatic carbocycles. The highest BCUT2D eigenvalue weighted by Crippen LogP contribution is 2.39. The Kier molecular flexibility index (Phi) is 5.16. The number of carbonyl (C=O) groups excluding carboxylic acids is 2. The summed E-state index contributed by atoms with van der Waals surface area (Å²) in [5.74, 6) is 1.58. The number of rotatable bonds is 5. The Morgan fingerprint density at radius 2 is 1.78 bits per heavy atom. The predicted molar refractivity (Wildman–Crippen MR) is 99.6 cm³/mol. The number of ether oxygens (including phenoxy) is 4. The van der Waals surface area contributed by atoms with Crippen LogP contribution in [0, 0.1) is 6.92 Å². The molecule has 0 saturated carbocycles. The van der Waals surface area contributed by atoms with Crippen molar-refractivity contribution in [2.45, 2.75) is 20.3 Å². The molecule has 0 N–H and O–H groups in total. The van der Waals surface area contributed by atoms with Gasteiger partial charge in [-0.2, -0.15) is 0 Å². The second-order valence-corrected chi connectivity index (χ2v) is 5.95. The van der Waals surface area contributed by atoms with Crippen LogP contribution >= 0.6 is 0 Å². The van der Waals surface area contributed by atoms with Gasteiger partial charge in [0.2, 0.25) is 5.78 Å². The molecule has 0 amide bonds. The topological polar surface area (TPSA) is 71.1 Å². The van der Waals surface area contributed by atoms with Crippen LogP contribution in [-0.2, 0) is 4.79 Å². The Labute approximate surface area is 157 Å². The molecule has 1 aliphatic heterocycles. The summed E-state index contributed by atoms with van der Waals surface area (Å²) in [6.45, 7) is 3.47. The van der Waals surface area contributed by atoms with Gasteiger partial charge in [0.05, 0.1) is 19.8 Å².